The van der Waals surface area contributed by atoms with Crippen LogP contribution < -0.4 is 5.73 Å². The fourth-order valence-corrected chi connectivity index (χ4v) is 1.76. The molecule has 0 aromatic carbocycles. The van der Waals surface area contributed by atoms with E-state index in [0.717, 1.165) is 19.5 Å². The molecule has 4 heteroatoms. The van der Waals surface area contributed by atoms with Gasteiger partial charge in [-0.3, -0.25) is 4.79 Å². The summed E-state index contributed by atoms with van der Waals surface area (Å²) < 4.78 is 5.11. The molecule has 2 N–H and O–H groups in total. The summed E-state index contributed by atoms with van der Waals surface area (Å²) in [6.45, 7) is 7.67. The van der Waals surface area contributed by atoms with E-state index in [1.165, 1.54) is 0 Å². The topological polar surface area (TPSA) is 55.6 Å². The van der Waals surface area contributed by atoms with Crippen molar-refractivity contribution in [2.45, 2.75) is 19.4 Å². The number of ether oxygens (including phenoxy) is 1. The van der Waals surface area contributed by atoms with E-state index in [2.05, 4.69) is 6.58 Å². The molecular weight excluding hydrogens is 192 g/mol. The number of likely N-dealkylation sites (tertiary alicyclic amines) is 1. The van der Waals surface area contributed by atoms with Gasteiger partial charge in [-0.1, -0.05) is 6.08 Å². The van der Waals surface area contributed by atoms with Crippen LogP contribution in [0.25, 0.3) is 0 Å². The van der Waals surface area contributed by atoms with Crippen molar-refractivity contribution in [2.75, 3.05) is 26.3 Å². The van der Waals surface area contributed by atoms with Gasteiger partial charge >= 0.3 is 0 Å². The van der Waals surface area contributed by atoms with Gasteiger partial charge in [-0.2, -0.15) is 0 Å². The van der Waals surface area contributed by atoms with E-state index in [1.54, 1.807) is 6.08 Å². The highest BCUT2D eigenvalue weighted by Crippen LogP contribution is 2.18. The molecule has 86 valence electrons. The second-order valence-corrected chi connectivity index (χ2v) is 4.05. The first-order valence-electron chi connectivity index (χ1n) is 5.37. The van der Waals surface area contributed by atoms with Crippen molar-refractivity contribution in [2.24, 2.45) is 11.7 Å². The lowest BCUT2D eigenvalue weighted by Crippen LogP contribution is -2.35. The van der Waals surface area contributed by atoms with E-state index in [0.29, 0.717) is 12.5 Å². The number of nitrogens with zero attached hydrogens (tertiary/aromatic N) is 1. The Hall–Kier alpha value is -0.870. The van der Waals surface area contributed by atoms with Crippen LogP contribution in [0.15, 0.2) is 12.7 Å². The van der Waals surface area contributed by atoms with Crippen LogP contribution in [0.4, 0.5) is 0 Å². The molecule has 0 radical (unpaired) electrons. The Labute approximate surface area is 91.1 Å². The maximum atomic E-state index is 11.6. The van der Waals surface area contributed by atoms with Crippen LogP contribution in [0.5, 0.6) is 0 Å². The van der Waals surface area contributed by atoms with Gasteiger partial charge in [0.2, 0.25) is 5.91 Å². The molecule has 1 saturated heterocycles. The molecule has 2 unspecified atom stereocenters. The summed E-state index contributed by atoms with van der Waals surface area (Å²) >= 11 is 0. The van der Waals surface area contributed by atoms with Gasteiger partial charge in [0.15, 0.2) is 0 Å². The summed E-state index contributed by atoms with van der Waals surface area (Å²) in [5, 5.41) is 0. The molecule has 1 heterocycles. The molecule has 0 saturated carbocycles. The molecule has 1 aliphatic heterocycles. The van der Waals surface area contributed by atoms with E-state index >= 15 is 0 Å². The first kappa shape index (κ1) is 12.2. The number of hydrogen-bond donors (Lipinski definition) is 1. The van der Waals surface area contributed by atoms with E-state index in [4.69, 9.17) is 10.5 Å². The van der Waals surface area contributed by atoms with Gasteiger partial charge in [-0.05, 0) is 19.3 Å². The van der Waals surface area contributed by atoms with Crippen LogP contribution in [0.2, 0.25) is 0 Å². The maximum absolute atomic E-state index is 11.6. The molecule has 1 rings (SSSR count). The molecule has 15 heavy (non-hydrogen) atoms. The first-order valence-corrected chi connectivity index (χ1v) is 5.37. The molecule has 0 aliphatic carbocycles. The predicted octanol–water partition coefficient (Wildman–Crippen LogP) is 0.385. The van der Waals surface area contributed by atoms with Gasteiger partial charge < -0.3 is 15.4 Å². The monoisotopic (exact) mass is 212 g/mol. The highest BCUT2D eigenvalue weighted by molar-refractivity contribution is 5.77. The van der Waals surface area contributed by atoms with E-state index < -0.39 is 0 Å². The van der Waals surface area contributed by atoms with Crippen molar-refractivity contribution in [3.05, 3.63) is 12.7 Å². The van der Waals surface area contributed by atoms with E-state index in [9.17, 15) is 4.79 Å². The highest BCUT2D eigenvalue weighted by Gasteiger charge is 2.27. The van der Waals surface area contributed by atoms with Crippen molar-refractivity contribution in [3.63, 3.8) is 0 Å². The standard InChI is InChI=1S/C11H20N2O2/c1-3-6-15-8-11(14)13-5-4-10(7-13)9(2)12/h3,9-10H,1,4-8,12H2,2H3. The summed E-state index contributed by atoms with van der Waals surface area (Å²) in [5.41, 5.74) is 5.80. The van der Waals surface area contributed by atoms with Crippen molar-refractivity contribution in [1.82, 2.24) is 4.90 Å². The van der Waals surface area contributed by atoms with Crippen LogP contribution in [-0.2, 0) is 9.53 Å². The SMILES string of the molecule is C=CCOCC(=O)N1CCC(C(C)N)C1. The zero-order valence-electron chi connectivity index (χ0n) is 9.32. The molecule has 0 aromatic heterocycles. The van der Waals surface area contributed by atoms with E-state index in [1.807, 2.05) is 11.8 Å². The lowest BCUT2D eigenvalue weighted by Gasteiger charge is -2.17. The minimum Gasteiger partial charge on any atom is -0.368 e. The van der Waals surface area contributed by atoms with Gasteiger partial charge in [0, 0.05) is 19.1 Å². The number of carbonyl (C=O) groups is 1. The van der Waals surface area contributed by atoms with Crippen molar-refractivity contribution in [1.29, 1.82) is 0 Å². The second kappa shape index (κ2) is 5.88. The molecule has 1 fully saturated rings. The third kappa shape index (κ3) is 3.64. The Kier molecular flexibility index (Phi) is 4.78. The Balaban J connectivity index is 2.27. The van der Waals surface area contributed by atoms with Crippen LogP contribution >= 0.6 is 0 Å². The largest absolute Gasteiger partial charge is 0.368 e. The average molecular weight is 212 g/mol. The van der Waals surface area contributed by atoms with Crippen LogP contribution in [0.1, 0.15) is 13.3 Å². The number of rotatable bonds is 5. The zero-order chi connectivity index (χ0) is 11.3. The quantitative estimate of drug-likeness (QED) is 0.529. The predicted molar refractivity (Wildman–Crippen MR) is 59.4 cm³/mol. The number of nitrogens with two attached hydrogens (primary N) is 1. The highest BCUT2D eigenvalue weighted by atomic mass is 16.5. The number of amides is 1. The lowest BCUT2D eigenvalue weighted by molar-refractivity contribution is -0.134. The summed E-state index contributed by atoms with van der Waals surface area (Å²) in [4.78, 5) is 13.4. The van der Waals surface area contributed by atoms with Crippen LogP contribution in [-0.4, -0.2) is 43.2 Å². The van der Waals surface area contributed by atoms with Crippen molar-refractivity contribution in [3.8, 4) is 0 Å². The normalized spacial score (nSPS) is 22.8. The molecule has 1 amide bonds. The van der Waals surface area contributed by atoms with Gasteiger partial charge in [0.1, 0.15) is 6.61 Å². The molecule has 1 aliphatic rings. The number of hydrogen-bond acceptors (Lipinski definition) is 3. The molecule has 2 atom stereocenters. The summed E-state index contributed by atoms with van der Waals surface area (Å²) in [6, 6.07) is 0.164. The van der Waals surface area contributed by atoms with Crippen molar-refractivity contribution >= 4 is 5.91 Å². The van der Waals surface area contributed by atoms with Crippen LogP contribution in [0, 0.1) is 5.92 Å². The minimum absolute atomic E-state index is 0.0556. The Bertz CT molecular complexity index is 229. The van der Waals surface area contributed by atoms with Gasteiger partial charge in [0.05, 0.1) is 6.61 Å². The minimum atomic E-state index is 0.0556. The lowest BCUT2D eigenvalue weighted by atomic mass is 10.0. The fourth-order valence-electron chi connectivity index (χ4n) is 1.76. The third-order valence-corrected chi connectivity index (χ3v) is 2.78. The van der Waals surface area contributed by atoms with Crippen molar-refractivity contribution < 1.29 is 9.53 Å². The number of carbonyl (C=O) groups excluding carboxylic acids is 1. The van der Waals surface area contributed by atoms with Gasteiger partial charge in [0.25, 0.3) is 0 Å². The maximum Gasteiger partial charge on any atom is 0.248 e. The molecule has 0 bridgehead atoms. The van der Waals surface area contributed by atoms with Crippen LogP contribution in [0.3, 0.4) is 0 Å². The van der Waals surface area contributed by atoms with Gasteiger partial charge in [-0.15, -0.1) is 6.58 Å². The van der Waals surface area contributed by atoms with E-state index in [-0.39, 0.29) is 18.6 Å². The third-order valence-electron chi connectivity index (χ3n) is 2.78. The second-order valence-electron chi connectivity index (χ2n) is 4.05. The molecule has 0 spiro atoms. The summed E-state index contributed by atoms with van der Waals surface area (Å²) in [7, 11) is 0. The Morgan fingerprint density at radius 1 is 1.80 bits per heavy atom. The summed E-state index contributed by atoms with van der Waals surface area (Å²) in [6.07, 6.45) is 2.65. The Morgan fingerprint density at radius 2 is 2.53 bits per heavy atom. The molecule has 4 nitrogen and oxygen atoms in total. The Morgan fingerprint density at radius 3 is 3.07 bits per heavy atom. The molecule has 0 aromatic rings. The fraction of sp³-hybridized carbons (Fsp3) is 0.727. The average Bonchev–Trinajstić information content (AvgIpc) is 2.66. The zero-order valence-corrected chi connectivity index (χ0v) is 9.32. The van der Waals surface area contributed by atoms with Gasteiger partial charge in [-0.25, -0.2) is 0 Å². The smallest absolute Gasteiger partial charge is 0.248 e. The first-order chi connectivity index (χ1) is 7.15. The molecular formula is C11H20N2O2. The summed E-state index contributed by atoms with van der Waals surface area (Å²) in [5.74, 6) is 0.494.